The summed E-state index contributed by atoms with van der Waals surface area (Å²) in [7, 11) is 1.87. The van der Waals surface area contributed by atoms with Gasteiger partial charge in [-0.25, -0.2) is 4.98 Å². The molecule has 0 spiro atoms. The highest BCUT2D eigenvalue weighted by atomic mass is 16.3. The molecule has 6 heteroatoms. The Morgan fingerprint density at radius 2 is 1.92 bits per heavy atom. The summed E-state index contributed by atoms with van der Waals surface area (Å²) < 4.78 is 0. The predicted octanol–water partition coefficient (Wildman–Crippen LogP) is 2.21. The van der Waals surface area contributed by atoms with E-state index >= 15 is 0 Å². The fourth-order valence-corrected chi connectivity index (χ4v) is 3.46. The van der Waals surface area contributed by atoms with Crippen molar-refractivity contribution in [1.29, 1.82) is 0 Å². The molecule has 2 heterocycles. The van der Waals surface area contributed by atoms with Gasteiger partial charge in [0.1, 0.15) is 5.82 Å². The Morgan fingerprint density at radius 3 is 2.62 bits per heavy atom. The minimum absolute atomic E-state index is 0.194. The number of benzene rings is 1. The fraction of sp³-hybridized carbons (Fsp3) is 0.500. The Bertz CT molecular complexity index is 719. The van der Waals surface area contributed by atoms with Crippen molar-refractivity contribution in [2.75, 3.05) is 43.5 Å². The first kappa shape index (κ1) is 18.6. The number of aliphatic hydroxyl groups is 1. The van der Waals surface area contributed by atoms with Gasteiger partial charge in [0.15, 0.2) is 0 Å². The zero-order chi connectivity index (χ0) is 18.5. The van der Waals surface area contributed by atoms with E-state index in [9.17, 15) is 5.11 Å². The summed E-state index contributed by atoms with van der Waals surface area (Å²) in [6.45, 7) is 7.86. The molecule has 0 amide bonds. The second-order valence-electron chi connectivity index (χ2n) is 7.01. The van der Waals surface area contributed by atoms with Crippen LogP contribution in [0.3, 0.4) is 0 Å². The molecular weight excluding hydrogens is 326 g/mol. The average Bonchev–Trinajstić information content (AvgIpc) is 2.64. The van der Waals surface area contributed by atoms with E-state index in [1.165, 1.54) is 11.1 Å². The molecule has 140 valence electrons. The van der Waals surface area contributed by atoms with Crippen molar-refractivity contribution in [2.45, 2.75) is 32.9 Å². The lowest BCUT2D eigenvalue weighted by atomic mass is 10.1. The number of nitrogens with one attached hydrogen (secondary N) is 1. The highest BCUT2D eigenvalue weighted by Gasteiger charge is 2.28. The van der Waals surface area contributed by atoms with Crippen molar-refractivity contribution < 1.29 is 5.11 Å². The van der Waals surface area contributed by atoms with Gasteiger partial charge < -0.3 is 15.3 Å². The number of hydrogen-bond donors (Lipinski definition) is 2. The van der Waals surface area contributed by atoms with E-state index in [4.69, 9.17) is 0 Å². The van der Waals surface area contributed by atoms with Crippen molar-refractivity contribution in [3.8, 4) is 0 Å². The number of aliphatic hydroxyl groups excluding tert-OH is 1. The van der Waals surface area contributed by atoms with Gasteiger partial charge in [-0.1, -0.05) is 29.8 Å². The van der Waals surface area contributed by atoms with Crippen LogP contribution in [0.1, 0.15) is 23.2 Å². The first-order valence-electron chi connectivity index (χ1n) is 9.28. The zero-order valence-corrected chi connectivity index (χ0v) is 15.9. The van der Waals surface area contributed by atoms with Crippen molar-refractivity contribution in [1.82, 2.24) is 14.9 Å². The third-order valence-electron chi connectivity index (χ3n) is 4.95. The molecule has 1 atom stereocenters. The van der Waals surface area contributed by atoms with Gasteiger partial charge in [0, 0.05) is 57.6 Å². The second kappa shape index (κ2) is 8.47. The fourth-order valence-electron chi connectivity index (χ4n) is 3.46. The van der Waals surface area contributed by atoms with Gasteiger partial charge in [0.25, 0.3) is 0 Å². The maximum Gasteiger partial charge on any atom is 0.227 e. The Hall–Kier alpha value is -2.18. The van der Waals surface area contributed by atoms with Gasteiger partial charge >= 0.3 is 0 Å². The molecule has 1 aliphatic heterocycles. The normalized spacial score (nSPS) is 18.2. The molecule has 1 saturated heterocycles. The Labute approximate surface area is 155 Å². The Balaban J connectivity index is 1.73. The number of aryl methyl sites for hydroxylation is 2. The van der Waals surface area contributed by atoms with E-state index in [1.54, 1.807) is 0 Å². The predicted molar refractivity (Wildman–Crippen MR) is 106 cm³/mol. The molecule has 0 saturated carbocycles. The summed E-state index contributed by atoms with van der Waals surface area (Å²) in [5.41, 5.74) is 3.55. The molecule has 1 fully saturated rings. The topological polar surface area (TPSA) is 64.5 Å². The minimum Gasteiger partial charge on any atom is -0.396 e. The second-order valence-corrected chi connectivity index (χ2v) is 7.01. The van der Waals surface area contributed by atoms with Crippen molar-refractivity contribution in [2.24, 2.45) is 0 Å². The van der Waals surface area contributed by atoms with Crippen LogP contribution >= 0.6 is 0 Å². The number of nitrogens with zero attached hydrogens (tertiary/aromatic N) is 4. The molecule has 0 bridgehead atoms. The SMILES string of the molecule is CNc1cc(C)nc(N2CCN(Cc3ccc(C)cc3)[C@H](CCO)C2)n1. The van der Waals surface area contributed by atoms with E-state index in [0.717, 1.165) is 50.1 Å². The average molecular weight is 355 g/mol. The highest BCUT2D eigenvalue weighted by molar-refractivity contribution is 5.43. The lowest BCUT2D eigenvalue weighted by Crippen LogP contribution is -2.53. The number of anilines is 2. The summed E-state index contributed by atoms with van der Waals surface area (Å²) in [6.07, 6.45) is 0.757. The standard InChI is InChI=1S/C20H29N5O/c1-15-4-6-17(7-5-15)13-24-9-10-25(14-18(24)8-11-26)20-22-16(2)12-19(21-3)23-20/h4-7,12,18,26H,8-11,13-14H2,1-3H3,(H,21,22,23)/t18-/m1/s1. The summed E-state index contributed by atoms with van der Waals surface area (Å²) in [4.78, 5) is 13.9. The molecule has 0 aliphatic carbocycles. The molecule has 26 heavy (non-hydrogen) atoms. The van der Waals surface area contributed by atoms with E-state index in [-0.39, 0.29) is 12.6 Å². The van der Waals surface area contributed by atoms with Crippen LogP contribution in [-0.2, 0) is 6.54 Å². The van der Waals surface area contributed by atoms with Gasteiger partial charge in [-0.05, 0) is 25.8 Å². The number of aromatic nitrogens is 2. The lowest BCUT2D eigenvalue weighted by Gasteiger charge is -2.41. The maximum absolute atomic E-state index is 9.54. The van der Waals surface area contributed by atoms with Crippen LogP contribution in [0.15, 0.2) is 30.3 Å². The summed E-state index contributed by atoms with van der Waals surface area (Å²) in [5.74, 6) is 1.61. The van der Waals surface area contributed by atoms with Crippen LogP contribution in [0, 0.1) is 13.8 Å². The highest BCUT2D eigenvalue weighted by Crippen LogP contribution is 2.21. The smallest absolute Gasteiger partial charge is 0.227 e. The van der Waals surface area contributed by atoms with Crippen molar-refractivity contribution in [3.05, 3.63) is 47.2 Å². The molecule has 0 unspecified atom stereocenters. The molecular formula is C20H29N5O. The van der Waals surface area contributed by atoms with Crippen molar-refractivity contribution in [3.63, 3.8) is 0 Å². The molecule has 1 aromatic heterocycles. The molecule has 2 aromatic rings. The Morgan fingerprint density at radius 1 is 1.15 bits per heavy atom. The third-order valence-corrected chi connectivity index (χ3v) is 4.95. The number of piperazine rings is 1. The first-order chi connectivity index (χ1) is 12.6. The largest absolute Gasteiger partial charge is 0.396 e. The van der Waals surface area contributed by atoms with Gasteiger partial charge in [0.05, 0.1) is 0 Å². The molecule has 2 N–H and O–H groups in total. The molecule has 1 aromatic carbocycles. The minimum atomic E-state index is 0.194. The molecule has 6 nitrogen and oxygen atoms in total. The Kier molecular flexibility index (Phi) is 6.06. The van der Waals surface area contributed by atoms with E-state index < -0.39 is 0 Å². The molecule has 1 aliphatic rings. The van der Waals surface area contributed by atoms with E-state index in [1.807, 2.05) is 20.0 Å². The molecule has 3 rings (SSSR count). The third kappa shape index (κ3) is 4.51. The van der Waals surface area contributed by atoms with E-state index in [2.05, 4.69) is 56.3 Å². The lowest BCUT2D eigenvalue weighted by molar-refractivity contribution is 0.135. The number of rotatable bonds is 6. The van der Waals surface area contributed by atoms with Crippen LogP contribution < -0.4 is 10.2 Å². The zero-order valence-electron chi connectivity index (χ0n) is 15.9. The summed E-state index contributed by atoms with van der Waals surface area (Å²) in [5, 5.41) is 12.6. The maximum atomic E-state index is 9.54. The summed E-state index contributed by atoms with van der Waals surface area (Å²) >= 11 is 0. The van der Waals surface area contributed by atoms with Gasteiger partial charge in [-0.15, -0.1) is 0 Å². The van der Waals surface area contributed by atoms with Gasteiger partial charge in [-0.3, -0.25) is 4.90 Å². The van der Waals surface area contributed by atoms with Crippen molar-refractivity contribution >= 4 is 11.8 Å². The van der Waals surface area contributed by atoms with Crippen LogP contribution in [0.25, 0.3) is 0 Å². The van der Waals surface area contributed by atoms with Crippen LogP contribution in [0.2, 0.25) is 0 Å². The number of hydrogen-bond acceptors (Lipinski definition) is 6. The van der Waals surface area contributed by atoms with E-state index in [0.29, 0.717) is 0 Å². The van der Waals surface area contributed by atoms with Crippen LogP contribution in [0.5, 0.6) is 0 Å². The van der Waals surface area contributed by atoms with Crippen LogP contribution in [0.4, 0.5) is 11.8 Å². The van der Waals surface area contributed by atoms with Crippen LogP contribution in [-0.4, -0.2) is 59.3 Å². The van der Waals surface area contributed by atoms with Gasteiger partial charge in [0.2, 0.25) is 5.95 Å². The van der Waals surface area contributed by atoms with Gasteiger partial charge in [-0.2, -0.15) is 4.98 Å². The first-order valence-corrected chi connectivity index (χ1v) is 9.28. The summed E-state index contributed by atoms with van der Waals surface area (Å²) in [6, 6.07) is 10.9. The quantitative estimate of drug-likeness (QED) is 0.828. The monoisotopic (exact) mass is 355 g/mol. The molecule has 0 radical (unpaired) electrons.